The van der Waals surface area contributed by atoms with E-state index in [2.05, 4.69) is 25.2 Å². The minimum Gasteiger partial charge on any atom is -0.406 e. The fourth-order valence-electron chi connectivity index (χ4n) is 1.50. The Balaban J connectivity index is 2.37. The van der Waals surface area contributed by atoms with E-state index in [4.69, 9.17) is 11.5 Å². The molecule has 122 valence electrons. The largest absolute Gasteiger partial charge is 0.573 e. The van der Waals surface area contributed by atoms with Crippen molar-refractivity contribution < 1.29 is 22.8 Å². The smallest absolute Gasteiger partial charge is 0.406 e. The first-order valence-electron chi connectivity index (χ1n) is 5.72. The topological polar surface area (TPSA) is 158 Å². The van der Waals surface area contributed by atoms with Crippen LogP contribution in [0.2, 0.25) is 0 Å². The normalized spacial score (nSPS) is 11.8. The molecule has 0 unspecified atom stereocenters. The summed E-state index contributed by atoms with van der Waals surface area (Å²) in [6.07, 6.45) is -4.98. The van der Waals surface area contributed by atoms with E-state index in [1.54, 1.807) is 0 Å². The molecule has 0 amide bonds. The Labute approximate surface area is 125 Å². The van der Waals surface area contributed by atoms with Crippen molar-refractivity contribution in [3.05, 3.63) is 28.3 Å². The molecule has 0 aliphatic heterocycles. The zero-order valence-electron chi connectivity index (χ0n) is 11.0. The maximum Gasteiger partial charge on any atom is 0.573 e. The van der Waals surface area contributed by atoms with Crippen molar-refractivity contribution in [2.75, 3.05) is 11.5 Å². The van der Waals surface area contributed by atoms with Gasteiger partial charge in [0.1, 0.15) is 11.6 Å². The summed E-state index contributed by atoms with van der Waals surface area (Å²) in [4.78, 5) is 10.0. The van der Waals surface area contributed by atoms with Gasteiger partial charge in [0.15, 0.2) is 17.2 Å². The second-order valence-electron chi connectivity index (χ2n) is 4.03. The molecule has 1 aromatic carbocycles. The van der Waals surface area contributed by atoms with Gasteiger partial charge in [-0.25, -0.2) is 0 Å². The van der Waals surface area contributed by atoms with Crippen LogP contribution in [0.4, 0.5) is 41.9 Å². The van der Waals surface area contributed by atoms with Crippen molar-refractivity contribution in [2.45, 2.75) is 6.36 Å². The molecule has 0 aliphatic rings. The monoisotopic (exact) mass is 331 g/mol. The van der Waals surface area contributed by atoms with Gasteiger partial charge in [0.25, 0.3) is 5.69 Å². The minimum atomic E-state index is -4.98. The van der Waals surface area contributed by atoms with E-state index < -0.39 is 22.7 Å². The number of nitrogens with two attached hydrogens (primary N) is 2. The van der Waals surface area contributed by atoms with Crippen molar-refractivity contribution in [3.8, 4) is 5.75 Å². The predicted molar refractivity (Wildman–Crippen MR) is 71.4 cm³/mol. The average Bonchev–Trinajstić information content (AvgIpc) is 2.75. The third-order valence-electron chi connectivity index (χ3n) is 2.43. The van der Waals surface area contributed by atoms with E-state index in [-0.39, 0.29) is 23.0 Å². The SMILES string of the molecule is Nc1n[nH]c(N)c1N=Nc1ccc(OC(F)(F)F)cc1[N+](=O)[O-]. The zero-order valence-corrected chi connectivity index (χ0v) is 11.0. The summed E-state index contributed by atoms with van der Waals surface area (Å²) in [6.45, 7) is 0. The first kappa shape index (κ1) is 16.0. The number of aromatic amines is 1. The zero-order chi connectivity index (χ0) is 17.2. The van der Waals surface area contributed by atoms with E-state index in [1.165, 1.54) is 0 Å². The Morgan fingerprint density at radius 1 is 1.30 bits per heavy atom. The maximum absolute atomic E-state index is 12.1. The number of anilines is 2. The maximum atomic E-state index is 12.1. The van der Waals surface area contributed by atoms with Crippen molar-refractivity contribution in [2.24, 2.45) is 10.2 Å². The van der Waals surface area contributed by atoms with E-state index in [0.29, 0.717) is 6.07 Å². The summed E-state index contributed by atoms with van der Waals surface area (Å²) in [7, 11) is 0. The highest BCUT2D eigenvalue weighted by atomic mass is 19.4. The lowest BCUT2D eigenvalue weighted by Gasteiger charge is -2.08. The summed E-state index contributed by atoms with van der Waals surface area (Å²) >= 11 is 0. The molecule has 0 saturated carbocycles. The van der Waals surface area contributed by atoms with Gasteiger partial charge in [0, 0.05) is 0 Å². The summed E-state index contributed by atoms with van der Waals surface area (Å²) in [5.41, 5.74) is 9.81. The van der Waals surface area contributed by atoms with Crippen LogP contribution in [0.5, 0.6) is 5.75 Å². The van der Waals surface area contributed by atoms with Crippen molar-refractivity contribution in [3.63, 3.8) is 0 Å². The summed E-state index contributed by atoms with van der Waals surface area (Å²) < 4.78 is 40.0. The van der Waals surface area contributed by atoms with Gasteiger partial charge in [-0.15, -0.1) is 23.4 Å². The van der Waals surface area contributed by atoms with Crippen LogP contribution in [-0.4, -0.2) is 21.5 Å². The molecule has 2 rings (SSSR count). The van der Waals surface area contributed by atoms with Gasteiger partial charge in [0.05, 0.1) is 11.0 Å². The number of halogens is 3. The summed E-state index contributed by atoms with van der Waals surface area (Å²) in [5, 5.41) is 23.9. The molecule has 10 nitrogen and oxygen atoms in total. The number of rotatable bonds is 4. The highest BCUT2D eigenvalue weighted by Gasteiger charge is 2.32. The van der Waals surface area contributed by atoms with Gasteiger partial charge in [-0.05, 0) is 12.1 Å². The molecule has 0 radical (unpaired) electrons. The van der Waals surface area contributed by atoms with Gasteiger partial charge in [-0.3, -0.25) is 15.2 Å². The van der Waals surface area contributed by atoms with Gasteiger partial charge in [-0.1, -0.05) is 0 Å². The lowest BCUT2D eigenvalue weighted by molar-refractivity contribution is -0.384. The molecule has 0 atom stereocenters. The first-order valence-corrected chi connectivity index (χ1v) is 5.72. The molecular weight excluding hydrogens is 323 g/mol. The number of benzene rings is 1. The molecule has 1 aromatic heterocycles. The second kappa shape index (κ2) is 5.78. The molecule has 1 heterocycles. The summed E-state index contributed by atoms with van der Waals surface area (Å²) in [6, 6.07) is 2.37. The molecule has 0 fully saturated rings. The summed E-state index contributed by atoms with van der Waals surface area (Å²) in [5.74, 6) is -0.873. The van der Waals surface area contributed by atoms with E-state index in [1.807, 2.05) is 0 Å². The molecule has 0 bridgehead atoms. The van der Waals surface area contributed by atoms with Crippen LogP contribution in [0, 0.1) is 10.1 Å². The van der Waals surface area contributed by atoms with Crippen LogP contribution in [0.15, 0.2) is 28.4 Å². The quantitative estimate of drug-likeness (QED) is 0.444. The number of H-pyrrole nitrogens is 1. The molecule has 23 heavy (non-hydrogen) atoms. The van der Waals surface area contributed by atoms with E-state index in [0.717, 1.165) is 12.1 Å². The van der Waals surface area contributed by atoms with Crippen molar-refractivity contribution >= 4 is 28.7 Å². The van der Waals surface area contributed by atoms with Crippen LogP contribution in [0.3, 0.4) is 0 Å². The number of hydrogen-bond donors (Lipinski definition) is 3. The molecule has 0 aliphatic carbocycles. The third kappa shape index (κ3) is 3.84. The molecular formula is C10H8F3N7O3. The highest BCUT2D eigenvalue weighted by molar-refractivity contribution is 5.70. The van der Waals surface area contributed by atoms with Crippen molar-refractivity contribution in [1.29, 1.82) is 0 Å². The van der Waals surface area contributed by atoms with Crippen LogP contribution in [0.25, 0.3) is 0 Å². The molecule has 2 aromatic rings. The van der Waals surface area contributed by atoms with Gasteiger partial charge in [-0.2, -0.15) is 5.10 Å². The van der Waals surface area contributed by atoms with Crippen LogP contribution < -0.4 is 16.2 Å². The Bertz CT molecular complexity index is 752. The Hall–Kier alpha value is -3.38. The van der Waals surface area contributed by atoms with Gasteiger partial charge < -0.3 is 16.2 Å². The molecule has 0 saturated heterocycles. The van der Waals surface area contributed by atoms with Gasteiger partial charge >= 0.3 is 6.36 Å². The first-order chi connectivity index (χ1) is 10.7. The second-order valence-corrected chi connectivity index (χ2v) is 4.03. The molecule has 5 N–H and O–H groups in total. The number of nitro groups is 1. The molecule has 0 spiro atoms. The lowest BCUT2D eigenvalue weighted by atomic mass is 10.2. The number of nitrogens with zero attached hydrogens (tertiary/aromatic N) is 4. The number of azo groups is 1. The lowest BCUT2D eigenvalue weighted by Crippen LogP contribution is -2.17. The fourth-order valence-corrected chi connectivity index (χ4v) is 1.50. The third-order valence-corrected chi connectivity index (χ3v) is 2.43. The Morgan fingerprint density at radius 2 is 2.00 bits per heavy atom. The molecule has 13 heteroatoms. The van der Waals surface area contributed by atoms with Crippen LogP contribution >= 0.6 is 0 Å². The fraction of sp³-hybridized carbons (Fsp3) is 0.100. The standard InChI is InChI=1S/C10H8F3N7O3/c11-10(12,13)23-4-1-2-5(6(3-4)20(21)22)16-17-7-8(14)18-19-9(7)15/h1-3H,(H5,14,15,18,19). The number of nitrogens with one attached hydrogen (secondary N) is 1. The van der Waals surface area contributed by atoms with Crippen LogP contribution in [-0.2, 0) is 0 Å². The minimum absolute atomic E-state index is 0.0223. The van der Waals surface area contributed by atoms with E-state index in [9.17, 15) is 23.3 Å². The van der Waals surface area contributed by atoms with Crippen LogP contribution in [0.1, 0.15) is 0 Å². The highest BCUT2D eigenvalue weighted by Crippen LogP contribution is 2.35. The van der Waals surface area contributed by atoms with Crippen molar-refractivity contribution in [1.82, 2.24) is 10.2 Å². The number of alkyl halides is 3. The average molecular weight is 331 g/mol. The predicted octanol–water partition coefficient (Wildman–Crippen LogP) is 2.80. The van der Waals surface area contributed by atoms with E-state index >= 15 is 0 Å². The Morgan fingerprint density at radius 3 is 2.52 bits per heavy atom. The number of hydrogen-bond acceptors (Lipinski definition) is 8. The number of nitrogen functional groups attached to an aromatic ring is 2. The number of ether oxygens (including phenoxy) is 1. The van der Waals surface area contributed by atoms with Gasteiger partial charge in [0.2, 0.25) is 0 Å². The Kier molecular flexibility index (Phi) is 4.02. The number of aromatic nitrogens is 2. The number of nitro benzene ring substituents is 1.